The maximum atomic E-state index is 12.8. The number of aromatic nitrogens is 1. The molecule has 2 saturated heterocycles. The summed E-state index contributed by atoms with van der Waals surface area (Å²) >= 11 is 6.09. The number of pyridine rings is 1. The number of nitrogens with one attached hydrogen (secondary N) is 2. The molecule has 0 spiro atoms. The van der Waals surface area contributed by atoms with Gasteiger partial charge in [0.2, 0.25) is 0 Å². The van der Waals surface area contributed by atoms with E-state index >= 15 is 0 Å². The number of aliphatic imine (C=N–C) groups is 1. The van der Waals surface area contributed by atoms with Gasteiger partial charge in [-0.3, -0.25) is 4.99 Å². The molecule has 2 fully saturated rings. The van der Waals surface area contributed by atoms with Gasteiger partial charge in [-0.25, -0.2) is 4.98 Å². The normalized spacial score (nSPS) is 21.9. The maximum absolute atomic E-state index is 12.8. The van der Waals surface area contributed by atoms with Crippen LogP contribution in [-0.4, -0.2) is 68.2 Å². The van der Waals surface area contributed by atoms with Crippen molar-refractivity contribution in [2.45, 2.75) is 38.4 Å². The summed E-state index contributed by atoms with van der Waals surface area (Å²) in [6, 6.07) is 1.05. The number of nitrogens with zero attached hydrogens (tertiary/aromatic N) is 4. The minimum atomic E-state index is -4.45. The van der Waals surface area contributed by atoms with Crippen molar-refractivity contribution in [1.29, 1.82) is 0 Å². The average molecular weight is 447 g/mol. The monoisotopic (exact) mass is 446 g/mol. The Kier molecular flexibility index (Phi) is 7.68. The van der Waals surface area contributed by atoms with Crippen molar-refractivity contribution >= 4 is 23.4 Å². The van der Waals surface area contributed by atoms with Crippen LogP contribution in [0.2, 0.25) is 5.02 Å². The van der Waals surface area contributed by atoms with Crippen LogP contribution in [0.15, 0.2) is 17.3 Å². The van der Waals surface area contributed by atoms with Crippen LogP contribution < -0.4 is 15.5 Å². The summed E-state index contributed by atoms with van der Waals surface area (Å²) in [5.41, 5.74) is -0.835. The quantitative estimate of drug-likeness (QED) is 0.519. The molecule has 0 amide bonds. The van der Waals surface area contributed by atoms with E-state index in [1.54, 1.807) is 7.05 Å². The molecule has 2 unspecified atom stereocenters. The zero-order valence-electron chi connectivity index (χ0n) is 17.5. The molecule has 168 valence electrons. The second-order valence-corrected chi connectivity index (χ2v) is 8.58. The van der Waals surface area contributed by atoms with Gasteiger partial charge in [0, 0.05) is 45.5 Å². The van der Waals surface area contributed by atoms with E-state index in [-0.39, 0.29) is 11.1 Å². The van der Waals surface area contributed by atoms with Gasteiger partial charge in [-0.1, -0.05) is 18.5 Å². The first-order valence-corrected chi connectivity index (χ1v) is 10.8. The summed E-state index contributed by atoms with van der Waals surface area (Å²) in [6.07, 6.45) is -0.208. The van der Waals surface area contributed by atoms with E-state index in [1.807, 2.05) is 4.90 Å². The molecular formula is C20H30ClF3N6. The topological polar surface area (TPSA) is 55.8 Å². The molecule has 2 N–H and O–H groups in total. The van der Waals surface area contributed by atoms with Gasteiger partial charge < -0.3 is 20.4 Å². The van der Waals surface area contributed by atoms with Crippen LogP contribution >= 0.6 is 11.6 Å². The average Bonchev–Trinajstić information content (AvgIpc) is 3.36. The van der Waals surface area contributed by atoms with Gasteiger partial charge >= 0.3 is 6.18 Å². The summed E-state index contributed by atoms with van der Waals surface area (Å²) in [5.74, 6) is 1.63. The smallest absolute Gasteiger partial charge is 0.356 e. The number of guanidine groups is 1. The van der Waals surface area contributed by atoms with Crippen molar-refractivity contribution in [3.05, 3.63) is 22.8 Å². The molecule has 0 bridgehead atoms. The molecule has 3 rings (SSSR count). The number of hydrogen-bond donors (Lipinski definition) is 2. The molecule has 30 heavy (non-hydrogen) atoms. The van der Waals surface area contributed by atoms with Gasteiger partial charge in [-0.15, -0.1) is 0 Å². The van der Waals surface area contributed by atoms with Gasteiger partial charge in [0.05, 0.1) is 10.6 Å². The van der Waals surface area contributed by atoms with Crippen LogP contribution in [0.1, 0.15) is 31.7 Å². The third-order valence-corrected chi connectivity index (χ3v) is 5.87. The highest BCUT2D eigenvalue weighted by Gasteiger charge is 2.33. The predicted octanol–water partition coefficient (Wildman–Crippen LogP) is 3.23. The molecule has 10 heteroatoms. The molecule has 1 aromatic heterocycles. The molecule has 0 aliphatic carbocycles. The third-order valence-electron chi connectivity index (χ3n) is 5.59. The fourth-order valence-corrected chi connectivity index (χ4v) is 4.30. The van der Waals surface area contributed by atoms with Crippen LogP contribution in [-0.2, 0) is 6.18 Å². The highest BCUT2D eigenvalue weighted by Crippen LogP contribution is 2.34. The van der Waals surface area contributed by atoms with E-state index in [1.165, 1.54) is 25.9 Å². The molecule has 1 aromatic rings. The Morgan fingerprint density at radius 1 is 1.33 bits per heavy atom. The van der Waals surface area contributed by atoms with E-state index in [2.05, 4.69) is 32.4 Å². The van der Waals surface area contributed by atoms with Crippen LogP contribution in [0.3, 0.4) is 0 Å². The summed E-state index contributed by atoms with van der Waals surface area (Å²) in [6.45, 7) is 7.79. The molecule has 2 atom stereocenters. The lowest BCUT2D eigenvalue weighted by Crippen LogP contribution is -2.46. The molecule has 3 heterocycles. The molecule has 2 aliphatic rings. The lowest BCUT2D eigenvalue weighted by atomic mass is 10.1. The first-order chi connectivity index (χ1) is 14.3. The van der Waals surface area contributed by atoms with E-state index < -0.39 is 11.7 Å². The number of halogens is 4. The highest BCUT2D eigenvalue weighted by atomic mass is 35.5. The van der Waals surface area contributed by atoms with Crippen LogP contribution in [0, 0.1) is 5.92 Å². The van der Waals surface area contributed by atoms with Crippen molar-refractivity contribution in [3.63, 3.8) is 0 Å². The minimum Gasteiger partial charge on any atom is -0.356 e. The summed E-state index contributed by atoms with van der Waals surface area (Å²) in [5, 5.41) is 6.81. The van der Waals surface area contributed by atoms with Crippen LogP contribution in [0.5, 0.6) is 0 Å². The van der Waals surface area contributed by atoms with Gasteiger partial charge in [0.15, 0.2) is 5.96 Å². The number of anilines is 1. The number of rotatable bonds is 6. The van der Waals surface area contributed by atoms with E-state index in [0.29, 0.717) is 24.8 Å². The number of hydrogen-bond acceptors (Lipinski definition) is 4. The predicted molar refractivity (Wildman–Crippen MR) is 114 cm³/mol. The fourth-order valence-electron chi connectivity index (χ4n) is 4.02. The van der Waals surface area contributed by atoms with Gasteiger partial charge in [0.25, 0.3) is 0 Å². The summed E-state index contributed by atoms with van der Waals surface area (Å²) in [4.78, 5) is 12.7. The molecule has 0 aromatic carbocycles. The van der Waals surface area contributed by atoms with Gasteiger partial charge in [-0.2, -0.15) is 13.2 Å². The molecule has 0 radical (unpaired) electrons. The van der Waals surface area contributed by atoms with E-state index in [9.17, 15) is 13.2 Å². The SMILES string of the molecule is CN=C(NCC(C)CN1CCCC1)NC1CCN(c2ncc(C(F)(F)F)cc2Cl)C1. The Hall–Kier alpha value is -1.74. The van der Waals surface area contributed by atoms with E-state index in [0.717, 1.165) is 37.7 Å². The van der Waals surface area contributed by atoms with Crippen molar-refractivity contribution in [3.8, 4) is 0 Å². The Bertz CT molecular complexity index is 736. The van der Waals surface area contributed by atoms with Crippen molar-refractivity contribution < 1.29 is 13.2 Å². The fraction of sp³-hybridized carbons (Fsp3) is 0.700. The highest BCUT2D eigenvalue weighted by molar-refractivity contribution is 6.33. The zero-order chi connectivity index (χ0) is 21.7. The number of likely N-dealkylation sites (tertiary alicyclic amines) is 1. The van der Waals surface area contributed by atoms with Gasteiger partial charge in [0.1, 0.15) is 5.82 Å². The zero-order valence-corrected chi connectivity index (χ0v) is 18.2. The molecule has 0 saturated carbocycles. The lowest BCUT2D eigenvalue weighted by Gasteiger charge is -2.23. The maximum Gasteiger partial charge on any atom is 0.417 e. The molecular weight excluding hydrogens is 417 g/mol. The largest absolute Gasteiger partial charge is 0.417 e. The Morgan fingerprint density at radius 3 is 2.70 bits per heavy atom. The number of alkyl halides is 3. The minimum absolute atomic E-state index is 0.0173. The third kappa shape index (κ3) is 6.14. The van der Waals surface area contributed by atoms with Crippen LogP contribution in [0.25, 0.3) is 0 Å². The van der Waals surface area contributed by atoms with Crippen LogP contribution in [0.4, 0.5) is 19.0 Å². The Morgan fingerprint density at radius 2 is 2.07 bits per heavy atom. The Balaban J connectivity index is 1.48. The van der Waals surface area contributed by atoms with E-state index in [4.69, 9.17) is 11.6 Å². The Labute approximate surface area is 180 Å². The molecule has 2 aliphatic heterocycles. The van der Waals surface area contributed by atoms with Crippen molar-refractivity contribution in [2.24, 2.45) is 10.9 Å². The first kappa shape index (κ1) is 22.9. The first-order valence-electron chi connectivity index (χ1n) is 10.4. The standard InChI is InChI=1S/C20H30ClF3N6/c1-14(12-29-6-3-4-7-29)10-27-19(25-2)28-16-5-8-30(13-16)18-17(21)9-15(11-26-18)20(22,23)24/h9,11,14,16H,3-8,10,12-13H2,1-2H3,(H2,25,27,28). The molecule has 6 nitrogen and oxygen atoms in total. The summed E-state index contributed by atoms with van der Waals surface area (Å²) < 4.78 is 38.5. The second-order valence-electron chi connectivity index (χ2n) is 8.17. The lowest BCUT2D eigenvalue weighted by molar-refractivity contribution is -0.137. The summed E-state index contributed by atoms with van der Waals surface area (Å²) in [7, 11) is 1.74. The van der Waals surface area contributed by atoms with Gasteiger partial charge in [-0.05, 0) is 44.3 Å². The van der Waals surface area contributed by atoms with Crippen molar-refractivity contribution in [1.82, 2.24) is 20.5 Å². The second kappa shape index (κ2) is 10.0. The van der Waals surface area contributed by atoms with Crippen molar-refractivity contribution in [2.75, 3.05) is 51.2 Å².